The van der Waals surface area contributed by atoms with Gasteiger partial charge in [-0.25, -0.2) is 0 Å². The van der Waals surface area contributed by atoms with Crippen LogP contribution in [0.15, 0.2) is 42.5 Å². The minimum absolute atomic E-state index is 0.903. The number of benzene rings is 2. The van der Waals surface area contributed by atoms with Crippen molar-refractivity contribution < 1.29 is 0 Å². The number of nitrogens with zero attached hydrogens (tertiary/aromatic N) is 1. The third kappa shape index (κ3) is 2.75. The van der Waals surface area contributed by atoms with Gasteiger partial charge in [-0.2, -0.15) is 0 Å². The number of aryl methyl sites for hydroxylation is 2. The molecule has 0 N–H and O–H groups in total. The highest BCUT2D eigenvalue weighted by molar-refractivity contribution is 9.08. The number of halogens is 1. The highest BCUT2D eigenvalue weighted by Crippen LogP contribution is 2.27. The van der Waals surface area contributed by atoms with Gasteiger partial charge < -0.3 is 4.90 Å². The Bertz CT molecular complexity index is 531. The van der Waals surface area contributed by atoms with Gasteiger partial charge in [-0.3, -0.25) is 0 Å². The van der Waals surface area contributed by atoms with Gasteiger partial charge in [-0.15, -0.1) is 0 Å². The average Bonchev–Trinajstić information content (AvgIpc) is 2.38. The van der Waals surface area contributed by atoms with Crippen LogP contribution >= 0.6 is 15.9 Å². The summed E-state index contributed by atoms with van der Waals surface area (Å²) in [5.74, 6) is 0. The highest BCUT2D eigenvalue weighted by Gasteiger charge is 2.06. The third-order valence-corrected chi connectivity index (χ3v) is 3.84. The first-order valence-corrected chi connectivity index (χ1v) is 7.20. The van der Waals surface area contributed by atoms with Crippen LogP contribution in [0.3, 0.4) is 0 Å². The molecule has 2 rings (SSSR count). The second-order valence-electron chi connectivity index (χ2n) is 4.65. The minimum Gasteiger partial charge on any atom is -0.344 e. The SMILES string of the molecule is Cc1ccc(N(C)c2ccc(CBr)cc2)c(C)c1. The Morgan fingerprint density at radius 1 is 1.00 bits per heavy atom. The van der Waals surface area contributed by atoms with Crippen LogP contribution in [0.4, 0.5) is 11.4 Å². The first kappa shape index (κ1) is 13.2. The van der Waals surface area contributed by atoms with Crippen molar-refractivity contribution in [2.45, 2.75) is 19.2 Å². The van der Waals surface area contributed by atoms with Gasteiger partial charge in [0.05, 0.1) is 0 Å². The molecule has 0 saturated heterocycles. The summed E-state index contributed by atoms with van der Waals surface area (Å²) in [6.07, 6.45) is 0. The van der Waals surface area contributed by atoms with E-state index in [1.54, 1.807) is 0 Å². The van der Waals surface area contributed by atoms with Crippen LogP contribution < -0.4 is 4.90 Å². The van der Waals surface area contributed by atoms with Crippen molar-refractivity contribution in [1.82, 2.24) is 0 Å². The Balaban J connectivity index is 2.31. The van der Waals surface area contributed by atoms with Crippen LogP contribution in [-0.4, -0.2) is 7.05 Å². The van der Waals surface area contributed by atoms with E-state index in [0.29, 0.717) is 0 Å². The minimum atomic E-state index is 0.903. The van der Waals surface area contributed by atoms with Gasteiger partial charge in [-0.1, -0.05) is 45.8 Å². The van der Waals surface area contributed by atoms with Crippen molar-refractivity contribution in [2.24, 2.45) is 0 Å². The average molecular weight is 304 g/mol. The van der Waals surface area contributed by atoms with Crippen molar-refractivity contribution >= 4 is 27.3 Å². The van der Waals surface area contributed by atoms with Crippen LogP contribution in [0.5, 0.6) is 0 Å². The molecule has 0 aliphatic carbocycles. The molecule has 0 unspecified atom stereocenters. The zero-order valence-electron chi connectivity index (χ0n) is 11.1. The van der Waals surface area contributed by atoms with Gasteiger partial charge >= 0.3 is 0 Å². The fraction of sp³-hybridized carbons (Fsp3) is 0.250. The molecule has 0 aromatic heterocycles. The first-order valence-electron chi connectivity index (χ1n) is 6.07. The van der Waals surface area contributed by atoms with Crippen molar-refractivity contribution in [1.29, 1.82) is 0 Å². The molecule has 0 bridgehead atoms. The zero-order valence-corrected chi connectivity index (χ0v) is 12.7. The second-order valence-corrected chi connectivity index (χ2v) is 5.21. The summed E-state index contributed by atoms with van der Waals surface area (Å²) in [5, 5.41) is 0.903. The Morgan fingerprint density at radius 2 is 1.67 bits per heavy atom. The van der Waals surface area contributed by atoms with Crippen LogP contribution in [-0.2, 0) is 5.33 Å². The fourth-order valence-electron chi connectivity index (χ4n) is 2.13. The van der Waals surface area contributed by atoms with Crippen LogP contribution in [0.25, 0.3) is 0 Å². The maximum absolute atomic E-state index is 3.47. The van der Waals surface area contributed by atoms with Crippen LogP contribution in [0.2, 0.25) is 0 Å². The Kier molecular flexibility index (Phi) is 4.07. The molecule has 0 aliphatic heterocycles. The van der Waals surface area contributed by atoms with E-state index in [1.165, 1.54) is 28.1 Å². The molecule has 0 heterocycles. The van der Waals surface area contributed by atoms with Gasteiger partial charge in [0.1, 0.15) is 0 Å². The normalized spacial score (nSPS) is 10.4. The standard InChI is InChI=1S/C16H18BrN/c1-12-4-9-16(13(2)10-12)18(3)15-7-5-14(11-17)6-8-15/h4-10H,11H2,1-3H3. The molecule has 2 aromatic carbocycles. The van der Waals surface area contributed by atoms with E-state index in [0.717, 1.165) is 5.33 Å². The number of hydrogen-bond acceptors (Lipinski definition) is 1. The van der Waals surface area contributed by atoms with Crippen molar-refractivity contribution in [3.63, 3.8) is 0 Å². The Hall–Kier alpha value is -1.28. The van der Waals surface area contributed by atoms with Gasteiger partial charge in [0.15, 0.2) is 0 Å². The Labute approximate surface area is 118 Å². The van der Waals surface area contributed by atoms with E-state index < -0.39 is 0 Å². The number of anilines is 2. The summed E-state index contributed by atoms with van der Waals surface area (Å²) in [7, 11) is 2.11. The molecule has 0 atom stereocenters. The maximum atomic E-state index is 3.47. The summed E-state index contributed by atoms with van der Waals surface area (Å²) in [4.78, 5) is 2.23. The second kappa shape index (κ2) is 5.57. The van der Waals surface area contributed by atoms with E-state index >= 15 is 0 Å². The predicted molar refractivity (Wildman–Crippen MR) is 83.1 cm³/mol. The topological polar surface area (TPSA) is 3.24 Å². The lowest BCUT2D eigenvalue weighted by atomic mass is 10.1. The molecule has 0 saturated carbocycles. The van der Waals surface area contributed by atoms with Gasteiger partial charge in [0.25, 0.3) is 0 Å². The number of hydrogen-bond donors (Lipinski definition) is 0. The lowest BCUT2D eigenvalue weighted by Gasteiger charge is -2.22. The van der Waals surface area contributed by atoms with E-state index in [-0.39, 0.29) is 0 Å². The molecule has 18 heavy (non-hydrogen) atoms. The zero-order chi connectivity index (χ0) is 13.1. The summed E-state index contributed by atoms with van der Waals surface area (Å²) in [6, 6.07) is 15.2. The molecule has 0 spiro atoms. The van der Waals surface area contributed by atoms with E-state index in [9.17, 15) is 0 Å². The van der Waals surface area contributed by atoms with E-state index in [2.05, 4.69) is 84.2 Å². The lowest BCUT2D eigenvalue weighted by molar-refractivity contribution is 1.17. The molecule has 0 radical (unpaired) electrons. The molecular formula is C16H18BrN. The largest absolute Gasteiger partial charge is 0.344 e. The molecule has 0 aliphatic rings. The van der Waals surface area contributed by atoms with Crippen molar-refractivity contribution in [3.05, 3.63) is 59.2 Å². The smallest absolute Gasteiger partial charge is 0.0437 e. The van der Waals surface area contributed by atoms with Crippen molar-refractivity contribution in [3.8, 4) is 0 Å². The summed E-state index contributed by atoms with van der Waals surface area (Å²) < 4.78 is 0. The fourth-order valence-corrected chi connectivity index (χ4v) is 2.50. The maximum Gasteiger partial charge on any atom is 0.0437 e. The van der Waals surface area contributed by atoms with Crippen molar-refractivity contribution in [2.75, 3.05) is 11.9 Å². The predicted octanol–water partition coefficient (Wildman–Crippen LogP) is 4.97. The Morgan fingerprint density at radius 3 is 2.22 bits per heavy atom. The third-order valence-electron chi connectivity index (χ3n) is 3.19. The van der Waals surface area contributed by atoms with E-state index in [1.807, 2.05) is 0 Å². The molecular weight excluding hydrogens is 286 g/mol. The molecule has 94 valence electrons. The summed E-state index contributed by atoms with van der Waals surface area (Å²) in [6.45, 7) is 4.28. The molecule has 0 amide bonds. The number of rotatable bonds is 3. The van der Waals surface area contributed by atoms with Gasteiger partial charge in [-0.05, 0) is 43.2 Å². The molecule has 1 nitrogen and oxygen atoms in total. The van der Waals surface area contributed by atoms with Crippen LogP contribution in [0.1, 0.15) is 16.7 Å². The summed E-state index contributed by atoms with van der Waals surface area (Å²) >= 11 is 3.47. The molecule has 2 heteroatoms. The summed E-state index contributed by atoms with van der Waals surface area (Å²) in [5.41, 5.74) is 6.38. The quantitative estimate of drug-likeness (QED) is 0.724. The van der Waals surface area contributed by atoms with Crippen LogP contribution in [0, 0.1) is 13.8 Å². The molecule has 2 aromatic rings. The van der Waals surface area contributed by atoms with E-state index in [4.69, 9.17) is 0 Å². The lowest BCUT2D eigenvalue weighted by Crippen LogP contribution is -2.10. The highest BCUT2D eigenvalue weighted by atomic mass is 79.9. The monoisotopic (exact) mass is 303 g/mol. The first-order chi connectivity index (χ1) is 8.61. The number of alkyl halides is 1. The van der Waals surface area contributed by atoms with Gasteiger partial charge in [0.2, 0.25) is 0 Å². The molecule has 0 fully saturated rings. The van der Waals surface area contributed by atoms with Gasteiger partial charge in [0, 0.05) is 23.8 Å².